The lowest BCUT2D eigenvalue weighted by Gasteiger charge is -2.29. The first-order valence-corrected chi connectivity index (χ1v) is 21.0. The van der Waals surface area contributed by atoms with Gasteiger partial charge in [0.1, 0.15) is 0 Å². The van der Waals surface area contributed by atoms with E-state index in [0.29, 0.717) is 0 Å². The molecule has 0 aromatic heterocycles. The monoisotopic (exact) mass is 763 g/mol. The molecule has 60 heavy (non-hydrogen) atoms. The third kappa shape index (κ3) is 5.26. The number of fused-ring (bicyclic) bond motifs is 10. The predicted molar refractivity (Wildman–Crippen MR) is 257 cm³/mol. The number of nitrogens with zero attached hydrogens (tertiary/aromatic N) is 1. The van der Waals surface area contributed by atoms with Crippen molar-refractivity contribution in [3.63, 3.8) is 0 Å². The highest BCUT2D eigenvalue weighted by Crippen LogP contribution is 2.53. The Morgan fingerprint density at radius 3 is 1.57 bits per heavy atom. The van der Waals surface area contributed by atoms with Crippen LogP contribution >= 0.6 is 0 Å². The summed E-state index contributed by atoms with van der Waals surface area (Å²) in [5.41, 5.74) is 13.6. The van der Waals surface area contributed by atoms with Crippen molar-refractivity contribution < 1.29 is 0 Å². The summed E-state index contributed by atoms with van der Waals surface area (Å²) in [6.45, 7) is 4.80. The van der Waals surface area contributed by atoms with Crippen molar-refractivity contribution in [2.75, 3.05) is 4.90 Å². The Morgan fingerprint density at radius 2 is 0.850 bits per heavy atom. The molecule has 282 valence electrons. The maximum atomic E-state index is 2.48. The van der Waals surface area contributed by atoms with Crippen LogP contribution in [0.2, 0.25) is 0 Å². The van der Waals surface area contributed by atoms with E-state index in [1.165, 1.54) is 104 Å². The van der Waals surface area contributed by atoms with Crippen LogP contribution in [0, 0.1) is 0 Å². The molecular formula is C59H41N. The van der Waals surface area contributed by atoms with E-state index in [1.54, 1.807) is 0 Å². The standard InChI is InChI=1S/C59H41N/c1-59(2)55-36-42(29-31-49(55)50-32-30-45(37-56(50)59)60(44-19-4-3-5-20-44)57-26-14-18-39-16-8-9-21-46(39)57)54-35-43-34-53(41-28-27-38-15-6-7-17-40(38)33-41)47-22-10-12-24-51(47)58(43)52-25-13-11-23-48(52)54/h3-37H,1-2H3. The second-order valence-corrected chi connectivity index (χ2v) is 16.9. The number of para-hydroxylation sites is 1. The molecule has 0 unspecified atom stereocenters. The van der Waals surface area contributed by atoms with Crippen molar-refractivity contribution in [3.8, 4) is 33.4 Å². The molecule has 12 rings (SSSR count). The van der Waals surface area contributed by atoms with E-state index in [4.69, 9.17) is 0 Å². The molecule has 0 saturated carbocycles. The molecule has 1 heteroatoms. The van der Waals surface area contributed by atoms with E-state index in [0.717, 1.165) is 11.4 Å². The Labute approximate surface area is 350 Å². The van der Waals surface area contributed by atoms with Crippen molar-refractivity contribution in [1.29, 1.82) is 0 Å². The molecule has 0 radical (unpaired) electrons. The van der Waals surface area contributed by atoms with Gasteiger partial charge in [-0.2, -0.15) is 0 Å². The van der Waals surface area contributed by atoms with Gasteiger partial charge in [0.25, 0.3) is 0 Å². The molecule has 0 bridgehead atoms. The minimum atomic E-state index is -0.218. The molecule has 1 aliphatic carbocycles. The normalized spacial score (nSPS) is 13.0. The van der Waals surface area contributed by atoms with Crippen LogP contribution in [-0.4, -0.2) is 0 Å². The summed E-state index contributed by atoms with van der Waals surface area (Å²) < 4.78 is 0. The minimum absolute atomic E-state index is 0.218. The van der Waals surface area contributed by atoms with Crippen LogP contribution in [0.4, 0.5) is 17.1 Å². The van der Waals surface area contributed by atoms with Gasteiger partial charge in [0, 0.05) is 22.2 Å². The first kappa shape index (κ1) is 34.6. The predicted octanol–water partition coefficient (Wildman–Crippen LogP) is 16.6. The number of benzene rings is 11. The fraction of sp³-hybridized carbons (Fsp3) is 0.0508. The fourth-order valence-corrected chi connectivity index (χ4v) is 10.3. The van der Waals surface area contributed by atoms with Gasteiger partial charge in [0.15, 0.2) is 0 Å². The Kier molecular flexibility index (Phi) is 7.65. The average molecular weight is 764 g/mol. The summed E-state index contributed by atoms with van der Waals surface area (Å²) in [6, 6.07) is 78.7. The van der Waals surface area contributed by atoms with E-state index < -0.39 is 0 Å². The third-order valence-electron chi connectivity index (χ3n) is 13.2. The van der Waals surface area contributed by atoms with Gasteiger partial charge < -0.3 is 4.90 Å². The molecule has 1 aliphatic rings. The molecule has 11 aromatic rings. The van der Waals surface area contributed by atoms with E-state index in [2.05, 4.69) is 231 Å². The van der Waals surface area contributed by atoms with Crippen molar-refractivity contribution in [1.82, 2.24) is 0 Å². The molecule has 0 heterocycles. The smallest absolute Gasteiger partial charge is 0.0540 e. The molecular weight excluding hydrogens is 723 g/mol. The van der Waals surface area contributed by atoms with Crippen LogP contribution in [-0.2, 0) is 5.41 Å². The summed E-state index contributed by atoms with van der Waals surface area (Å²) >= 11 is 0. The number of rotatable bonds is 5. The fourth-order valence-electron chi connectivity index (χ4n) is 10.3. The highest BCUT2D eigenvalue weighted by Gasteiger charge is 2.36. The Bertz CT molecular complexity index is 3520. The highest BCUT2D eigenvalue weighted by molar-refractivity contribution is 6.26. The number of hydrogen-bond acceptors (Lipinski definition) is 1. The van der Waals surface area contributed by atoms with Gasteiger partial charge in [0.2, 0.25) is 0 Å². The van der Waals surface area contributed by atoms with Crippen LogP contribution in [0.1, 0.15) is 25.0 Å². The zero-order valence-electron chi connectivity index (χ0n) is 33.7. The first-order valence-electron chi connectivity index (χ1n) is 21.0. The molecule has 0 aliphatic heterocycles. The third-order valence-corrected chi connectivity index (χ3v) is 13.2. The number of anilines is 3. The average Bonchev–Trinajstić information content (AvgIpc) is 3.53. The Hall–Kier alpha value is -7.48. The van der Waals surface area contributed by atoms with Gasteiger partial charge in [-0.15, -0.1) is 0 Å². The van der Waals surface area contributed by atoms with Gasteiger partial charge in [-0.05, 0) is 148 Å². The van der Waals surface area contributed by atoms with Crippen molar-refractivity contribution in [2.45, 2.75) is 19.3 Å². The van der Waals surface area contributed by atoms with E-state index in [9.17, 15) is 0 Å². The van der Waals surface area contributed by atoms with Gasteiger partial charge in [-0.25, -0.2) is 0 Å². The molecule has 0 atom stereocenters. The molecule has 0 fully saturated rings. The second kappa shape index (κ2) is 13.3. The zero-order chi connectivity index (χ0) is 40.0. The van der Waals surface area contributed by atoms with E-state index in [-0.39, 0.29) is 5.41 Å². The molecule has 0 saturated heterocycles. The largest absolute Gasteiger partial charge is 0.310 e. The molecule has 0 spiro atoms. The zero-order valence-corrected chi connectivity index (χ0v) is 33.7. The highest BCUT2D eigenvalue weighted by atomic mass is 15.1. The van der Waals surface area contributed by atoms with Crippen LogP contribution in [0.3, 0.4) is 0 Å². The van der Waals surface area contributed by atoms with Crippen LogP contribution in [0.15, 0.2) is 212 Å². The minimum Gasteiger partial charge on any atom is -0.310 e. The summed E-state index contributed by atoms with van der Waals surface area (Å²) in [5, 5.41) is 12.7. The summed E-state index contributed by atoms with van der Waals surface area (Å²) in [6.07, 6.45) is 0. The lowest BCUT2D eigenvalue weighted by molar-refractivity contribution is 0.660. The van der Waals surface area contributed by atoms with E-state index in [1.807, 2.05) is 0 Å². The lowest BCUT2D eigenvalue weighted by atomic mass is 9.81. The Balaban J connectivity index is 1.02. The second-order valence-electron chi connectivity index (χ2n) is 16.9. The number of hydrogen-bond donors (Lipinski definition) is 0. The van der Waals surface area contributed by atoms with Crippen LogP contribution < -0.4 is 4.90 Å². The topological polar surface area (TPSA) is 3.24 Å². The molecule has 0 N–H and O–H groups in total. The summed E-state index contributed by atoms with van der Waals surface area (Å²) in [4.78, 5) is 2.42. The van der Waals surface area contributed by atoms with Crippen molar-refractivity contribution >= 4 is 70.9 Å². The lowest BCUT2D eigenvalue weighted by Crippen LogP contribution is -2.16. The van der Waals surface area contributed by atoms with Gasteiger partial charge in [0.05, 0.1) is 5.69 Å². The molecule has 11 aromatic carbocycles. The van der Waals surface area contributed by atoms with Crippen molar-refractivity contribution in [3.05, 3.63) is 223 Å². The first-order chi connectivity index (χ1) is 29.5. The maximum absolute atomic E-state index is 2.48. The van der Waals surface area contributed by atoms with Gasteiger partial charge in [-0.1, -0.05) is 172 Å². The summed E-state index contributed by atoms with van der Waals surface area (Å²) in [7, 11) is 0. The SMILES string of the molecule is CC1(C)c2cc(-c3cc4cc(-c5ccc6ccccc6c5)c5ccccc5c4c4ccccc34)ccc2-c2ccc(N(c3ccccc3)c3cccc4ccccc34)cc21. The van der Waals surface area contributed by atoms with Crippen LogP contribution in [0.25, 0.3) is 87.2 Å². The van der Waals surface area contributed by atoms with Gasteiger partial charge >= 0.3 is 0 Å². The quantitative estimate of drug-likeness (QED) is 0.158. The maximum Gasteiger partial charge on any atom is 0.0540 e. The summed E-state index contributed by atoms with van der Waals surface area (Å²) in [5.74, 6) is 0. The van der Waals surface area contributed by atoms with Crippen LogP contribution in [0.5, 0.6) is 0 Å². The van der Waals surface area contributed by atoms with E-state index >= 15 is 0 Å². The molecule has 1 nitrogen and oxygen atoms in total. The Morgan fingerprint density at radius 1 is 0.317 bits per heavy atom. The van der Waals surface area contributed by atoms with Crippen molar-refractivity contribution in [2.24, 2.45) is 0 Å². The molecule has 0 amide bonds. The van der Waals surface area contributed by atoms with Gasteiger partial charge in [-0.3, -0.25) is 0 Å².